The fourth-order valence-corrected chi connectivity index (χ4v) is 3.36. The zero-order valence-corrected chi connectivity index (χ0v) is 13.8. The van der Waals surface area contributed by atoms with Gasteiger partial charge in [0.15, 0.2) is 0 Å². The van der Waals surface area contributed by atoms with Crippen LogP contribution in [0.15, 0.2) is 18.2 Å². The van der Waals surface area contributed by atoms with Gasteiger partial charge in [-0.2, -0.15) is 0 Å². The third-order valence-corrected chi connectivity index (χ3v) is 4.73. The molecule has 1 fully saturated rings. The summed E-state index contributed by atoms with van der Waals surface area (Å²) in [6, 6.07) is 5.96. The minimum atomic E-state index is 0.0264. The normalized spacial score (nSPS) is 15.7. The molecule has 0 atom stereocenters. The van der Waals surface area contributed by atoms with Gasteiger partial charge in [-0.3, -0.25) is 4.79 Å². The predicted octanol–water partition coefficient (Wildman–Crippen LogP) is 1.65. The Balaban J connectivity index is 1.65. The van der Waals surface area contributed by atoms with Crippen molar-refractivity contribution in [2.24, 2.45) is 5.73 Å². The number of nitrogens with zero attached hydrogens (tertiary/aromatic N) is 4. The van der Waals surface area contributed by atoms with Gasteiger partial charge in [0.25, 0.3) is 0 Å². The van der Waals surface area contributed by atoms with Crippen LogP contribution in [0.25, 0.3) is 0 Å². The maximum atomic E-state index is 11.6. The quantitative estimate of drug-likeness (QED) is 0.883. The minimum Gasteiger partial charge on any atom is -0.342 e. The first-order chi connectivity index (χ1) is 11.2. The first-order valence-corrected chi connectivity index (χ1v) is 8.49. The summed E-state index contributed by atoms with van der Waals surface area (Å²) in [6.07, 6.45) is 1.83. The average molecular weight is 332 g/mol. The van der Waals surface area contributed by atoms with E-state index >= 15 is 0 Å². The number of nitrogens with two attached hydrogens (primary N) is 1. The molecule has 0 unspecified atom stereocenters. The van der Waals surface area contributed by atoms with E-state index < -0.39 is 0 Å². The van der Waals surface area contributed by atoms with Crippen LogP contribution in [0.3, 0.4) is 0 Å². The number of nitrogens with one attached hydrogen (secondary N) is 1. The minimum absolute atomic E-state index is 0.0264. The smallest absolute Gasteiger partial charge is 0.236 e. The molecule has 0 aromatic carbocycles. The Morgan fingerprint density at radius 1 is 1.39 bits per heavy atom. The zero-order chi connectivity index (χ0) is 16.2. The van der Waals surface area contributed by atoms with Crippen molar-refractivity contribution >= 4 is 28.2 Å². The molecule has 2 aromatic heterocycles. The first-order valence-electron chi connectivity index (χ1n) is 7.67. The third-order valence-electron chi connectivity index (χ3n) is 3.97. The van der Waals surface area contributed by atoms with Gasteiger partial charge < -0.3 is 16.0 Å². The van der Waals surface area contributed by atoms with E-state index in [1.807, 2.05) is 30.0 Å². The van der Waals surface area contributed by atoms with Gasteiger partial charge in [0.1, 0.15) is 10.8 Å². The number of piperidine rings is 1. The summed E-state index contributed by atoms with van der Waals surface area (Å²) in [7, 11) is 0. The van der Waals surface area contributed by atoms with Gasteiger partial charge in [0.2, 0.25) is 11.0 Å². The van der Waals surface area contributed by atoms with Crippen LogP contribution in [-0.2, 0) is 4.79 Å². The lowest BCUT2D eigenvalue weighted by atomic mass is 9.93. The first kappa shape index (κ1) is 15.8. The lowest BCUT2D eigenvalue weighted by Crippen LogP contribution is -2.41. The van der Waals surface area contributed by atoms with Crippen molar-refractivity contribution in [1.29, 1.82) is 0 Å². The second-order valence-corrected chi connectivity index (χ2v) is 6.74. The standard InChI is InChI=1S/C15H20N6OS/c1-10-19-20-15(23-10)18-13-4-2-3-12(17-13)11-5-7-21(8-6-11)14(22)9-16/h2-4,11H,5-9,16H2,1H3,(H,17,18,20). The molecule has 3 heterocycles. The van der Waals surface area contributed by atoms with Gasteiger partial charge in [-0.25, -0.2) is 4.98 Å². The third kappa shape index (κ3) is 3.83. The van der Waals surface area contributed by atoms with Crippen molar-refractivity contribution < 1.29 is 4.79 Å². The zero-order valence-electron chi connectivity index (χ0n) is 13.0. The fraction of sp³-hybridized carbons (Fsp3) is 0.467. The maximum Gasteiger partial charge on any atom is 0.236 e. The van der Waals surface area contributed by atoms with E-state index in [4.69, 9.17) is 10.7 Å². The van der Waals surface area contributed by atoms with E-state index in [2.05, 4.69) is 15.5 Å². The SMILES string of the molecule is Cc1nnc(Nc2cccc(C3CCN(C(=O)CN)CC3)n2)s1. The molecule has 23 heavy (non-hydrogen) atoms. The Labute approximate surface area is 138 Å². The van der Waals surface area contributed by atoms with E-state index in [1.165, 1.54) is 11.3 Å². The Hall–Kier alpha value is -2.06. The number of rotatable bonds is 4. The summed E-state index contributed by atoms with van der Waals surface area (Å²) in [5.74, 6) is 1.17. The molecule has 0 bridgehead atoms. The summed E-state index contributed by atoms with van der Waals surface area (Å²) in [5, 5.41) is 12.9. The van der Waals surface area contributed by atoms with E-state index in [0.717, 1.165) is 47.6 Å². The Morgan fingerprint density at radius 3 is 2.83 bits per heavy atom. The second kappa shape index (κ2) is 7.01. The van der Waals surface area contributed by atoms with Crippen molar-refractivity contribution in [1.82, 2.24) is 20.1 Å². The number of aromatic nitrogens is 3. The second-order valence-electron chi connectivity index (χ2n) is 5.56. The van der Waals surface area contributed by atoms with Crippen molar-refractivity contribution in [3.63, 3.8) is 0 Å². The Bertz CT molecular complexity index is 680. The van der Waals surface area contributed by atoms with Crippen LogP contribution >= 0.6 is 11.3 Å². The lowest BCUT2D eigenvalue weighted by molar-refractivity contribution is -0.130. The molecule has 1 aliphatic heterocycles. The molecule has 0 radical (unpaired) electrons. The molecule has 0 saturated carbocycles. The largest absolute Gasteiger partial charge is 0.342 e. The number of pyridine rings is 1. The number of hydrogen-bond acceptors (Lipinski definition) is 7. The average Bonchev–Trinajstić information content (AvgIpc) is 2.99. The Morgan fingerprint density at radius 2 is 2.17 bits per heavy atom. The van der Waals surface area contributed by atoms with Crippen LogP contribution in [0.4, 0.5) is 10.9 Å². The van der Waals surface area contributed by atoms with Gasteiger partial charge >= 0.3 is 0 Å². The van der Waals surface area contributed by atoms with Gasteiger partial charge in [0.05, 0.1) is 6.54 Å². The molecule has 3 rings (SSSR count). The number of likely N-dealkylation sites (tertiary alicyclic amines) is 1. The van der Waals surface area contributed by atoms with Crippen molar-refractivity contribution in [3.05, 3.63) is 28.9 Å². The van der Waals surface area contributed by atoms with Crippen LogP contribution in [0, 0.1) is 6.92 Å². The van der Waals surface area contributed by atoms with E-state index in [1.54, 1.807) is 0 Å². The van der Waals surface area contributed by atoms with Crippen molar-refractivity contribution in [2.75, 3.05) is 25.0 Å². The molecule has 1 saturated heterocycles. The number of carbonyl (C=O) groups is 1. The molecule has 0 spiro atoms. The highest BCUT2D eigenvalue weighted by molar-refractivity contribution is 7.15. The highest BCUT2D eigenvalue weighted by atomic mass is 32.1. The van der Waals surface area contributed by atoms with Crippen molar-refractivity contribution in [2.45, 2.75) is 25.7 Å². The van der Waals surface area contributed by atoms with Crippen LogP contribution < -0.4 is 11.1 Å². The molecular formula is C15H20N6OS. The molecule has 7 nitrogen and oxygen atoms in total. The lowest BCUT2D eigenvalue weighted by Gasteiger charge is -2.31. The molecule has 1 amide bonds. The van der Waals surface area contributed by atoms with E-state index in [9.17, 15) is 4.79 Å². The highest BCUT2D eigenvalue weighted by Crippen LogP contribution is 2.28. The number of hydrogen-bond donors (Lipinski definition) is 2. The molecule has 1 aliphatic rings. The van der Waals surface area contributed by atoms with Crippen molar-refractivity contribution in [3.8, 4) is 0 Å². The molecule has 0 aliphatic carbocycles. The number of anilines is 2. The van der Waals surface area contributed by atoms with Gasteiger partial charge in [0, 0.05) is 24.7 Å². The maximum absolute atomic E-state index is 11.6. The topological polar surface area (TPSA) is 97.0 Å². The van der Waals surface area contributed by atoms with Gasteiger partial charge in [-0.15, -0.1) is 10.2 Å². The summed E-state index contributed by atoms with van der Waals surface area (Å²) < 4.78 is 0. The van der Waals surface area contributed by atoms with Crippen LogP contribution in [0.1, 0.15) is 29.5 Å². The van der Waals surface area contributed by atoms with Gasteiger partial charge in [-0.05, 0) is 31.9 Å². The highest BCUT2D eigenvalue weighted by Gasteiger charge is 2.24. The van der Waals surface area contributed by atoms with E-state index in [0.29, 0.717) is 5.92 Å². The summed E-state index contributed by atoms with van der Waals surface area (Å²) in [5.41, 5.74) is 6.47. The molecule has 122 valence electrons. The summed E-state index contributed by atoms with van der Waals surface area (Å²) in [4.78, 5) is 18.2. The van der Waals surface area contributed by atoms with Crippen LogP contribution in [0.5, 0.6) is 0 Å². The fourth-order valence-electron chi connectivity index (χ4n) is 2.76. The number of carbonyl (C=O) groups excluding carboxylic acids is 1. The van der Waals surface area contributed by atoms with E-state index in [-0.39, 0.29) is 12.5 Å². The van der Waals surface area contributed by atoms with Gasteiger partial charge in [-0.1, -0.05) is 17.4 Å². The van der Waals surface area contributed by atoms with Crippen LogP contribution in [-0.4, -0.2) is 45.6 Å². The molecular weight excluding hydrogens is 312 g/mol. The Kier molecular flexibility index (Phi) is 4.82. The molecule has 2 aromatic rings. The van der Waals surface area contributed by atoms with Crippen LogP contribution in [0.2, 0.25) is 0 Å². The predicted molar refractivity (Wildman–Crippen MR) is 89.8 cm³/mol. The number of amides is 1. The monoisotopic (exact) mass is 332 g/mol. The summed E-state index contributed by atoms with van der Waals surface area (Å²) >= 11 is 1.50. The molecule has 3 N–H and O–H groups in total. The number of aryl methyl sites for hydroxylation is 1. The molecule has 8 heteroatoms. The summed E-state index contributed by atoms with van der Waals surface area (Å²) in [6.45, 7) is 3.50.